The predicted molar refractivity (Wildman–Crippen MR) is 95.6 cm³/mol. The first kappa shape index (κ1) is 16.2. The van der Waals surface area contributed by atoms with Crippen molar-refractivity contribution in [2.24, 2.45) is 11.8 Å². The van der Waals surface area contributed by atoms with E-state index < -0.39 is 0 Å². The molecule has 2 aromatic carbocycles. The maximum atomic E-state index is 2.33. The minimum Gasteiger partial charge on any atom is -0.145 e. The van der Waals surface area contributed by atoms with Gasteiger partial charge in [0.1, 0.15) is 0 Å². The highest BCUT2D eigenvalue weighted by Gasteiger charge is 2.24. The van der Waals surface area contributed by atoms with E-state index in [-0.39, 0.29) is 0 Å². The molecule has 0 heterocycles. The Bertz CT molecular complexity index is 467. The first-order chi connectivity index (χ1) is 10.1. The van der Waals surface area contributed by atoms with Crippen molar-refractivity contribution in [2.45, 2.75) is 38.2 Å². The first-order valence-electron chi connectivity index (χ1n) is 7.85. The molecule has 0 aliphatic heterocycles. The van der Waals surface area contributed by atoms with Gasteiger partial charge in [-0.1, -0.05) is 88.4 Å². The summed E-state index contributed by atoms with van der Waals surface area (Å²) in [6, 6.07) is 21.9. The van der Waals surface area contributed by atoms with Crippen LogP contribution >= 0.6 is 11.8 Å². The van der Waals surface area contributed by atoms with E-state index in [0.717, 1.165) is 0 Å². The molecule has 1 heteroatoms. The fourth-order valence-electron chi connectivity index (χ4n) is 2.68. The van der Waals surface area contributed by atoms with Crippen LogP contribution in [0.15, 0.2) is 60.7 Å². The van der Waals surface area contributed by atoms with Crippen LogP contribution < -0.4 is 0 Å². The van der Waals surface area contributed by atoms with E-state index in [1.54, 1.807) is 0 Å². The Hall–Kier alpha value is -1.21. The number of hydrogen-bond donors (Lipinski definition) is 0. The fraction of sp³-hybridized carbons (Fsp3) is 0.400. The van der Waals surface area contributed by atoms with E-state index in [9.17, 15) is 0 Å². The molecule has 0 nitrogen and oxygen atoms in total. The summed E-state index contributed by atoms with van der Waals surface area (Å²) in [5.41, 5.74) is 2.89. The van der Waals surface area contributed by atoms with Crippen molar-refractivity contribution in [1.29, 1.82) is 0 Å². The summed E-state index contributed by atoms with van der Waals surface area (Å²) in [4.78, 5) is 0. The molecule has 2 rings (SSSR count). The monoisotopic (exact) mass is 298 g/mol. The summed E-state index contributed by atoms with van der Waals surface area (Å²) < 4.78 is 0. The van der Waals surface area contributed by atoms with Gasteiger partial charge in [-0.3, -0.25) is 0 Å². The third-order valence-corrected chi connectivity index (χ3v) is 5.98. The van der Waals surface area contributed by atoms with Gasteiger partial charge in [0.05, 0.1) is 0 Å². The van der Waals surface area contributed by atoms with Gasteiger partial charge in [-0.05, 0) is 23.0 Å². The van der Waals surface area contributed by atoms with E-state index in [2.05, 4.69) is 100 Å². The Kier molecular flexibility index (Phi) is 5.93. The van der Waals surface area contributed by atoms with Crippen molar-refractivity contribution < 1.29 is 0 Å². The number of benzene rings is 2. The molecule has 0 saturated heterocycles. The minimum atomic E-state index is 0.541. The maximum absolute atomic E-state index is 2.33. The number of hydrogen-bond acceptors (Lipinski definition) is 1. The van der Waals surface area contributed by atoms with Gasteiger partial charge in [0, 0.05) is 10.5 Å². The second-order valence-corrected chi connectivity index (χ2v) is 7.57. The lowest BCUT2D eigenvalue weighted by Gasteiger charge is -2.29. The lowest BCUT2D eigenvalue weighted by atomic mass is 10.0. The van der Waals surface area contributed by atoms with Crippen LogP contribution in [0.1, 0.15) is 49.3 Å². The minimum absolute atomic E-state index is 0.541. The molecule has 0 aromatic heterocycles. The molecule has 21 heavy (non-hydrogen) atoms. The molecule has 0 saturated carbocycles. The molecule has 0 spiro atoms. The Morgan fingerprint density at radius 1 is 0.571 bits per heavy atom. The van der Waals surface area contributed by atoms with Crippen LogP contribution in [0.2, 0.25) is 0 Å². The predicted octanol–water partition coefficient (Wildman–Crippen LogP) is 6.51. The zero-order valence-electron chi connectivity index (χ0n) is 13.5. The van der Waals surface area contributed by atoms with Crippen LogP contribution in [0.5, 0.6) is 0 Å². The van der Waals surface area contributed by atoms with E-state index in [1.165, 1.54) is 11.1 Å². The summed E-state index contributed by atoms with van der Waals surface area (Å²) in [6.07, 6.45) is 0. The van der Waals surface area contributed by atoms with Gasteiger partial charge in [-0.25, -0.2) is 0 Å². The smallest absolute Gasteiger partial charge is 0.0326 e. The normalized spacial score (nSPS) is 14.4. The van der Waals surface area contributed by atoms with Gasteiger partial charge < -0.3 is 0 Å². The fourth-order valence-corrected chi connectivity index (χ4v) is 4.26. The first-order valence-corrected chi connectivity index (χ1v) is 8.79. The van der Waals surface area contributed by atoms with Crippen LogP contribution in [-0.4, -0.2) is 0 Å². The highest BCUT2D eigenvalue weighted by molar-refractivity contribution is 7.99. The zero-order chi connectivity index (χ0) is 15.2. The number of thioether (sulfide) groups is 1. The molecular formula is C20H26S. The van der Waals surface area contributed by atoms with E-state index in [1.807, 2.05) is 0 Å². The van der Waals surface area contributed by atoms with Crippen molar-refractivity contribution in [3.05, 3.63) is 71.8 Å². The van der Waals surface area contributed by atoms with Gasteiger partial charge in [-0.2, -0.15) is 0 Å². The summed E-state index contributed by atoms with van der Waals surface area (Å²) in [5, 5.41) is 1.08. The van der Waals surface area contributed by atoms with Crippen LogP contribution in [0.4, 0.5) is 0 Å². The Labute approximate surface area is 134 Å². The second-order valence-electron chi connectivity index (χ2n) is 6.29. The summed E-state index contributed by atoms with van der Waals surface area (Å²) in [7, 11) is 0. The van der Waals surface area contributed by atoms with Crippen LogP contribution in [0, 0.1) is 11.8 Å². The molecule has 2 unspecified atom stereocenters. The van der Waals surface area contributed by atoms with Crippen molar-refractivity contribution in [2.75, 3.05) is 0 Å². The molecule has 2 aromatic rings. The third-order valence-electron chi connectivity index (χ3n) is 3.76. The Morgan fingerprint density at radius 2 is 0.905 bits per heavy atom. The molecule has 0 aliphatic carbocycles. The van der Waals surface area contributed by atoms with Gasteiger partial charge in [0.25, 0.3) is 0 Å². The highest BCUT2D eigenvalue weighted by Crippen LogP contribution is 2.47. The second kappa shape index (κ2) is 7.70. The molecule has 112 valence electrons. The molecule has 0 radical (unpaired) electrons. The van der Waals surface area contributed by atoms with Crippen molar-refractivity contribution in [3.8, 4) is 0 Å². The summed E-state index contributed by atoms with van der Waals surface area (Å²) >= 11 is 2.11. The average Bonchev–Trinajstić information content (AvgIpc) is 2.49. The SMILES string of the molecule is CC(C)C(SC(c1ccccc1)C(C)C)c1ccccc1. The molecule has 0 fully saturated rings. The Morgan fingerprint density at radius 3 is 1.19 bits per heavy atom. The van der Waals surface area contributed by atoms with E-state index in [0.29, 0.717) is 22.3 Å². The Balaban J connectivity index is 2.25. The number of rotatable bonds is 6. The lowest BCUT2D eigenvalue weighted by Crippen LogP contribution is -2.10. The topological polar surface area (TPSA) is 0 Å². The zero-order valence-corrected chi connectivity index (χ0v) is 14.3. The van der Waals surface area contributed by atoms with Gasteiger partial charge in [-0.15, -0.1) is 11.8 Å². The van der Waals surface area contributed by atoms with Gasteiger partial charge in [0.2, 0.25) is 0 Å². The molecule has 0 N–H and O–H groups in total. The van der Waals surface area contributed by atoms with Gasteiger partial charge >= 0.3 is 0 Å². The van der Waals surface area contributed by atoms with Crippen LogP contribution in [0.3, 0.4) is 0 Å². The van der Waals surface area contributed by atoms with Crippen LogP contribution in [-0.2, 0) is 0 Å². The van der Waals surface area contributed by atoms with Crippen LogP contribution in [0.25, 0.3) is 0 Å². The summed E-state index contributed by atoms with van der Waals surface area (Å²) in [5.74, 6) is 1.25. The maximum Gasteiger partial charge on any atom is 0.0326 e. The molecule has 0 amide bonds. The van der Waals surface area contributed by atoms with Crippen molar-refractivity contribution >= 4 is 11.8 Å². The highest BCUT2D eigenvalue weighted by atomic mass is 32.2. The molecule has 0 aliphatic rings. The molecule has 0 bridgehead atoms. The quantitative estimate of drug-likeness (QED) is 0.585. The van der Waals surface area contributed by atoms with E-state index in [4.69, 9.17) is 0 Å². The van der Waals surface area contributed by atoms with E-state index >= 15 is 0 Å². The standard InChI is InChI=1S/C20H26S/c1-15(2)19(17-11-7-5-8-12-17)21-20(16(3)4)18-13-9-6-10-14-18/h5-16,19-20H,1-4H3. The summed E-state index contributed by atoms with van der Waals surface area (Å²) in [6.45, 7) is 9.31. The molecular weight excluding hydrogens is 272 g/mol. The average molecular weight is 298 g/mol. The van der Waals surface area contributed by atoms with Gasteiger partial charge in [0.15, 0.2) is 0 Å². The molecule has 2 atom stereocenters. The van der Waals surface area contributed by atoms with Crippen molar-refractivity contribution in [3.63, 3.8) is 0 Å². The third kappa shape index (κ3) is 4.38. The largest absolute Gasteiger partial charge is 0.145 e. The lowest BCUT2D eigenvalue weighted by molar-refractivity contribution is 0.600. The van der Waals surface area contributed by atoms with Crippen molar-refractivity contribution in [1.82, 2.24) is 0 Å².